The molecule has 1 unspecified atom stereocenters. The summed E-state index contributed by atoms with van der Waals surface area (Å²) >= 11 is 0. The normalized spacial score (nSPS) is 17.7. The molecule has 1 N–H and O–H groups in total. The van der Waals surface area contributed by atoms with Crippen molar-refractivity contribution in [2.75, 3.05) is 65.7 Å². The lowest BCUT2D eigenvalue weighted by atomic mass is 10.2. The summed E-state index contributed by atoms with van der Waals surface area (Å²) in [6.45, 7) is 17.6. The number of ether oxygens (including phenoxy) is 2. The number of guanidine groups is 1. The first-order valence-electron chi connectivity index (χ1n) is 10.2. The van der Waals surface area contributed by atoms with Gasteiger partial charge in [-0.3, -0.25) is 9.89 Å². The highest BCUT2D eigenvalue weighted by molar-refractivity contribution is 14.0. The first kappa shape index (κ1) is 25.9. The molecule has 156 valence electrons. The topological polar surface area (TPSA) is 49.3 Å². The van der Waals surface area contributed by atoms with Crippen LogP contribution in [0.3, 0.4) is 0 Å². The molecule has 0 saturated carbocycles. The van der Waals surface area contributed by atoms with Crippen LogP contribution in [-0.4, -0.2) is 87.5 Å². The van der Waals surface area contributed by atoms with E-state index in [1.165, 1.54) is 12.8 Å². The Kier molecular flexibility index (Phi) is 16.9. The summed E-state index contributed by atoms with van der Waals surface area (Å²) in [5, 5.41) is 3.42. The second kappa shape index (κ2) is 17.0. The highest BCUT2D eigenvalue weighted by Gasteiger charge is 2.27. The summed E-state index contributed by atoms with van der Waals surface area (Å²) in [7, 11) is 0. The largest absolute Gasteiger partial charge is 0.379 e. The summed E-state index contributed by atoms with van der Waals surface area (Å²) < 4.78 is 11.1. The van der Waals surface area contributed by atoms with Crippen molar-refractivity contribution in [3.63, 3.8) is 0 Å². The molecule has 0 radical (unpaired) electrons. The van der Waals surface area contributed by atoms with Gasteiger partial charge < -0.3 is 19.7 Å². The van der Waals surface area contributed by atoms with E-state index in [2.05, 4.69) is 42.8 Å². The Morgan fingerprint density at radius 2 is 1.77 bits per heavy atom. The van der Waals surface area contributed by atoms with Gasteiger partial charge in [-0.25, -0.2) is 0 Å². The SMILES string of the molecule is CCCCOCCOCCN=C(NCC)N1CCC(N(CC)CC)C1.I. The third kappa shape index (κ3) is 10.3. The summed E-state index contributed by atoms with van der Waals surface area (Å²) in [5.41, 5.74) is 0. The maximum Gasteiger partial charge on any atom is 0.194 e. The molecule has 0 aromatic heterocycles. The monoisotopic (exact) mass is 484 g/mol. The van der Waals surface area contributed by atoms with E-state index in [1.807, 2.05) is 0 Å². The van der Waals surface area contributed by atoms with Gasteiger partial charge in [-0.15, -0.1) is 24.0 Å². The van der Waals surface area contributed by atoms with Gasteiger partial charge in [0.1, 0.15) is 0 Å². The van der Waals surface area contributed by atoms with Crippen LogP contribution in [0.25, 0.3) is 0 Å². The number of nitrogens with one attached hydrogen (secondary N) is 1. The predicted molar refractivity (Wildman–Crippen MR) is 121 cm³/mol. The summed E-state index contributed by atoms with van der Waals surface area (Å²) in [4.78, 5) is 9.67. The zero-order valence-corrected chi connectivity index (χ0v) is 19.7. The molecule has 1 rings (SSSR count). The number of likely N-dealkylation sites (tertiary alicyclic amines) is 1. The first-order chi connectivity index (χ1) is 12.3. The smallest absolute Gasteiger partial charge is 0.194 e. The number of nitrogens with zero attached hydrogens (tertiary/aromatic N) is 3. The average molecular weight is 484 g/mol. The highest BCUT2D eigenvalue weighted by Crippen LogP contribution is 2.15. The van der Waals surface area contributed by atoms with Gasteiger partial charge in [-0.05, 0) is 32.9 Å². The molecule has 0 aliphatic carbocycles. The molecule has 26 heavy (non-hydrogen) atoms. The van der Waals surface area contributed by atoms with Gasteiger partial charge >= 0.3 is 0 Å². The molecule has 7 heteroatoms. The molecule has 0 spiro atoms. The van der Waals surface area contributed by atoms with Crippen molar-refractivity contribution in [1.29, 1.82) is 0 Å². The molecule has 1 heterocycles. The van der Waals surface area contributed by atoms with E-state index in [-0.39, 0.29) is 24.0 Å². The van der Waals surface area contributed by atoms with Crippen LogP contribution in [0.5, 0.6) is 0 Å². The number of hydrogen-bond acceptors (Lipinski definition) is 4. The Morgan fingerprint density at radius 1 is 1.08 bits per heavy atom. The van der Waals surface area contributed by atoms with Crippen LogP contribution in [0.2, 0.25) is 0 Å². The molecular formula is C19H41IN4O2. The fourth-order valence-electron chi connectivity index (χ4n) is 3.18. The van der Waals surface area contributed by atoms with Gasteiger partial charge in [0, 0.05) is 32.3 Å². The van der Waals surface area contributed by atoms with Crippen molar-refractivity contribution in [2.45, 2.75) is 53.0 Å². The predicted octanol–water partition coefficient (Wildman–Crippen LogP) is 2.82. The number of hydrogen-bond donors (Lipinski definition) is 1. The molecule has 1 aliphatic heterocycles. The van der Waals surface area contributed by atoms with Crippen molar-refractivity contribution in [2.24, 2.45) is 4.99 Å². The maximum atomic E-state index is 5.61. The van der Waals surface area contributed by atoms with Crippen LogP contribution in [0.15, 0.2) is 4.99 Å². The Balaban J connectivity index is 0.00000625. The van der Waals surface area contributed by atoms with Crippen molar-refractivity contribution in [3.8, 4) is 0 Å². The third-order valence-electron chi connectivity index (χ3n) is 4.64. The van der Waals surface area contributed by atoms with E-state index in [9.17, 15) is 0 Å². The molecule has 1 aliphatic rings. The van der Waals surface area contributed by atoms with Crippen molar-refractivity contribution >= 4 is 29.9 Å². The molecule has 1 saturated heterocycles. The molecule has 1 fully saturated rings. The quantitative estimate of drug-likeness (QED) is 0.189. The van der Waals surface area contributed by atoms with Gasteiger partial charge in [0.15, 0.2) is 5.96 Å². The standard InChI is InChI=1S/C19H40N4O2.HI/c1-5-9-13-24-15-16-25-14-11-21-19(20-6-2)23-12-10-18(17-23)22(7-3)8-4;/h18H,5-17H2,1-4H3,(H,20,21);1H. The van der Waals surface area contributed by atoms with E-state index in [0.29, 0.717) is 32.4 Å². The Bertz CT molecular complexity index is 354. The third-order valence-corrected chi connectivity index (χ3v) is 4.64. The number of unbranched alkanes of at least 4 members (excludes halogenated alkanes) is 1. The lowest BCUT2D eigenvalue weighted by Gasteiger charge is -2.27. The van der Waals surface area contributed by atoms with E-state index in [4.69, 9.17) is 14.5 Å². The molecule has 0 amide bonds. The van der Waals surface area contributed by atoms with Crippen LogP contribution in [0, 0.1) is 0 Å². The van der Waals surface area contributed by atoms with Crippen LogP contribution < -0.4 is 5.32 Å². The van der Waals surface area contributed by atoms with Gasteiger partial charge in [-0.1, -0.05) is 27.2 Å². The average Bonchev–Trinajstić information content (AvgIpc) is 3.10. The van der Waals surface area contributed by atoms with Gasteiger partial charge in [0.2, 0.25) is 0 Å². The number of aliphatic imine (C=N–C) groups is 1. The second-order valence-corrected chi connectivity index (χ2v) is 6.42. The van der Waals surface area contributed by atoms with Gasteiger partial charge in [0.25, 0.3) is 0 Å². The van der Waals surface area contributed by atoms with Gasteiger partial charge in [-0.2, -0.15) is 0 Å². The Hall–Kier alpha value is -0.120. The van der Waals surface area contributed by atoms with Crippen molar-refractivity contribution < 1.29 is 9.47 Å². The van der Waals surface area contributed by atoms with E-state index in [1.54, 1.807) is 0 Å². The summed E-state index contributed by atoms with van der Waals surface area (Å²) in [5.74, 6) is 1.03. The van der Waals surface area contributed by atoms with Gasteiger partial charge in [0.05, 0.1) is 26.4 Å². The fourth-order valence-corrected chi connectivity index (χ4v) is 3.18. The van der Waals surface area contributed by atoms with Crippen LogP contribution in [0.4, 0.5) is 0 Å². The summed E-state index contributed by atoms with van der Waals surface area (Å²) in [6, 6.07) is 0.648. The number of halogens is 1. The molecule has 6 nitrogen and oxygen atoms in total. The van der Waals surface area contributed by atoms with E-state index >= 15 is 0 Å². The molecule has 1 atom stereocenters. The highest BCUT2D eigenvalue weighted by atomic mass is 127. The van der Waals surface area contributed by atoms with E-state index < -0.39 is 0 Å². The van der Waals surface area contributed by atoms with Crippen LogP contribution in [-0.2, 0) is 9.47 Å². The Labute approximate surface area is 178 Å². The zero-order valence-electron chi connectivity index (χ0n) is 17.3. The van der Waals surface area contributed by atoms with E-state index in [0.717, 1.165) is 51.7 Å². The first-order valence-corrected chi connectivity index (χ1v) is 10.2. The van der Waals surface area contributed by atoms with Crippen molar-refractivity contribution in [3.05, 3.63) is 0 Å². The second-order valence-electron chi connectivity index (χ2n) is 6.42. The lowest BCUT2D eigenvalue weighted by molar-refractivity contribution is 0.0497. The zero-order chi connectivity index (χ0) is 18.3. The lowest BCUT2D eigenvalue weighted by Crippen LogP contribution is -2.43. The Morgan fingerprint density at radius 3 is 2.38 bits per heavy atom. The molecule has 0 bridgehead atoms. The minimum absolute atomic E-state index is 0. The minimum atomic E-state index is 0. The number of rotatable bonds is 13. The molecule has 0 aromatic carbocycles. The molecule has 0 aromatic rings. The minimum Gasteiger partial charge on any atom is -0.379 e. The number of likely N-dealkylation sites (N-methyl/N-ethyl adjacent to an activating group) is 1. The van der Waals surface area contributed by atoms with Crippen LogP contribution in [0.1, 0.15) is 47.0 Å². The van der Waals surface area contributed by atoms with Crippen molar-refractivity contribution in [1.82, 2.24) is 15.1 Å². The maximum absolute atomic E-state index is 5.61. The molecular weight excluding hydrogens is 443 g/mol. The summed E-state index contributed by atoms with van der Waals surface area (Å²) in [6.07, 6.45) is 3.52. The van der Waals surface area contributed by atoms with Crippen LogP contribution >= 0.6 is 24.0 Å². The fraction of sp³-hybridized carbons (Fsp3) is 0.947.